The second-order valence-electron chi connectivity index (χ2n) is 4.02. The summed E-state index contributed by atoms with van der Waals surface area (Å²) < 4.78 is 37.8. The molecule has 20 heavy (non-hydrogen) atoms. The third-order valence-corrected chi connectivity index (χ3v) is 2.81. The van der Waals surface area contributed by atoms with E-state index in [0.717, 1.165) is 11.8 Å². The average Bonchev–Trinajstić information content (AvgIpc) is 2.38. The van der Waals surface area contributed by atoms with E-state index in [0.29, 0.717) is 0 Å². The van der Waals surface area contributed by atoms with Crippen LogP contribution in [0.5, 0.6) is 0 Å². The molecular formula is C13H9F3N2OS. The number of rotatable bonds is 3. The van der Waals surface area contributed by atoms with Crippen molar-refractivity contribution < 1.29 is 18.0 Å². The smallest absolute Gasteiger partial charge is 0.282 e. The Morgan fingerprint density at radius 3 is 2.40 bits per heavy atom. The first kappa shape index (κ1) is 14.5. The van der Waals surface area contributed by atoms with Crippen molar-refractivity contribution in [2.24, 2.45) is 0 Å². The molecule has 0 saturated carbocycles. The molecular weight excluding hydrogens is 289 g/mol. The van der Waals surface area contributed by atoms with Crippen molar-refractivity contribution in [2.45, 2.75) is 12.6 Å². The summed E-state index contributed by atoms with van der Waals surface area (Å²) in [6.45, 7) is 0. The van der Waals surface area contributed by atoms with E-state index in [1.165, 1.54) is 0 Å². The Balaban J connectivity index is 2.45. The fourth-order valence-corrected chi connectivity index (χ4v) is 1.84. The molecule has 0 bridgehead atoms. The lowest BCUT2D eigenvalue weighted by molar-refractivity contribution is -0.145. The topological polar surface area (TPSA) is 42.9 Å². The number of hydrogen-bond acceptors (Lipinski definition) is 3. The zero-order chi connectivity index (χ0) is 14.8. The molecule has 0 atom stereocenters. The van der Waals surface area contributed by atoms with Crippen LogP contribution in [0.25, 0.3) is 0 Å². The molecule has 0 radical (unpaired) electrons. The van der Waals surface area contributed by atoms with E-state index in [4.69, 9.17) is 0 Å². The second-order valence-corrected chi connectivity index (χ2v) is 4.43. The van der Waals surface area contributed by atoms with Crippen LogP contribution in [0.2, 0.25) is 0 Å². The number of thiol groups is 1. The van der Waals surface area contributed by atoms with Crippen molar-refractivity contribution in [2.75, 3.05) is 0 Å². The van der Waals surface area contributed by atoms with Crippen LogP contribution in [-0.4, -0.2) is 15.1 Å². The highest BCUT2D eigenvalue weighted by molar-refractivity contribution is 7.97. The molecule has 1 heterocycles. The Kier molecular flexibility index (Phi) is 4.08. The molecule has 0 fully saturated rings. The van der Waals surface area contributed by atoms with Gasteiger partial charge in [0.05, 0.1) is 11.3 Å². The molecule has 1 aromatic carbocycles. The van der Waals surface area contributed by atoms with Crippen LogP contribution >= 0.6 is 12.6 Å². The van der Waals surface area contributed by atoms with Gasteiger partial charge < -0.3 is 0 Å². The maximum absolute atomic E-state index is 12.6. The van der Waals surface area contributed by atoms with Crippen LogP contribution in [0, 0.1) is 0 Å². The van der Waals surface area contributed by atoms with Gasteiger partial charge in [0.2, 0.25) is 10.9 Å². The Bertz CT molecular complexity index is 629. The number of alkyl halides is 3. The number of hydrogen-bond donors (Lipinski definition) is 1. The quantitative estimate of drug-likeness (QED) is 0.885. The van der Waals surface area contributed by atoms with Crippen LogP contribution in [-0.2, 0) is 12.6 Å². The molecule has 0 N–H and O–H groups in total. The molecule has 3 nitrogen and oxygen atoms in total. The van der Waals surface area contributed by atoms with Crippen LogP contribution < -0.4 is 0 Å². The zero-order valence-corrected chi connectivity index (χ0v) is 10.9. The summed E-state index contributed by atoms with van der Waals surface area (Å²) in [5.41, 5.74) is 0.735. The summed E-state index contributed by atoms with van der Waals surface area (Å²) in [6, 6.07) is 8.77. The van der Waals surface area contributed by atoms with E-state index < -0.39 is 17.1 Å². The third kappa shape index (κ3) is 3.36. The predicted molar refractivity (Wildman–Crippen MR) is 69.6 cm³/mol. The molecule has 104 valence electrons. The molecule has 0 aliphatic carbocycles. The lowest BCUT2D eigenvalue weighted by Crippen LogP contribution is -2.15. The maximum atomic E-state index is 12.6. The highest BCUT2D eigenvalue weighted by Gasteiger charge is 2.35. The first-order chi connectivity index (χ1) is 9.38. The highest BCUT2D eigenvalue weighted by Crippen LogP contribution is 2.27. The van der Waals surface area contributed by atoms with E-state index in [1.807, 2.05) is 0 Å². The molecule has 0 saturated heterocycles. The van der Waals surface area contributed by atoms with Gasteiger partial charge in [-0.05, 0) is 5.56 Å². The molecule has 0 unspecified atom stereocenters. The highest BCUT2D eigenvalue weighted by atomic mass is 32.1. The van der Waals surface area contributed by atoms with Crippen molar-refractivity contribution in [3.05, 3.63) is 59.2 Å². The van der Waals surface area contributed by atoms with Gasteiger partial charge in [-0.15, -0.1) is 12.6 Å². The maximum Gasteiger partial charge on any atom is 0.451 e. The summed E-state index contributed by atoms with van der Waals surface area (Å²) in [4.78, 5) is 17.9. The van der Waals surface area contributed by atoms with Crippen LogP contribution in [0.15, 0.2) is 36.5 Å². The Morgan fingerprint density at radius 1 is 1.20 bits per heavy atom. The van der Waals surface area contributed by atoms with Gasteiger partial charge in [0.25, 0.3) is 0 Å². The van der Waals surface area contributed by atoms with Crippen LogP contribution in [0.3, 0.4) is 0 Å². The fraction of sp³-hybridized carbons (Fsp3) is 0.154. The number of halogens is 3. The van der Waals surface area contributed by atoms with Gasteiger partial charge in [-0.3, -0.25) is 4.79 Å². The number of carbonyl (C=O) groups excluding carboxylic acids is 1. The number of aromatic nitrogens is 2. The van der Waals surface area contributed by atoms with Gasteiger partial charge in [0.1, 0.15) is 0 Å². The molecule has 0 aliphatic rings. The number of carbonyl (C=O) groups is 1. The summed E-state index contributed by atoms with van der Waals surface area (Å²) >= 11 is 3.63. The lowest BCUT2D eigenvalue weighted by Gasteiger charge is -2.10. The predicted octanol–water partition coefficient (Wildman–Crippen LogP) is 3.16. The SMILES string of the molecule is O=C(S)c1cnc(C(F)(F)F)nc1Cc1ccccc1. The minimum absolute atomic E-state index is 0.0125. The standard InChI is InChI=1S/C13H9F3N2OS/c14-13(15,16)12-17-7-9(11(19)20)10(18-12)6-8-4-2-1-3-5-8/h1-5,7H,6H2,(H,19,20). The summed E-state index contributed by atoms with van der Waals surface area (Å²) in [5.74, 6) is -1.26. The molecule has 0 amide bonds. The minimum atomic E-state index is -4.65. The first-order valence-corrected chi connectivity index (χ1v) is 6.03. The molecule has 0 spiro atoms. The van der Waals surface area contributed by atoms with Crippen molar-refractivity contribution in [1.82, 2.24) is 9.97 Å². The van der Waals surface area contributed by atoms with Crippen molar-refractivity contribution in [1.29, 1.82) is 0 Å². The third-order valence-electron chi connectivity index (χ3n) is 2.57. The lowest BCUT2D eigenvalue weighted by atomic mass is 10.1. The first-order valence-electron chi connectivity index (χ1n) is 5.58. The van der Waals surface area contributed by atoms with Crippen molar-refractivity contribution in [3.63, 3.8) is 0 Å². The molecule has 0 aliphatic heterocycles. The fourth-order valence-electron chi connectivity index (χ4n) is 1.66. The van der Waals surface area contributed by atoms with Gasteiger partial charge in [-0.1, -0.05) is 30.3 Å². The molecule has 1 aromatic heterocycles. The van der Waals surface area contributed by atoms with E-state index in [-0.39, 0.29) is 17.7 Å². The Morgan fingerprint density at radius 2 is 1.85 bits per heavy atom. The van der Waals surface area contributed by atoms with Crippen LogP contribution in [0.1, 0.15) is 27.4 Å². The van der Waals surface area contributed by atoms with Crippen LogP contribution in [0.4, 0.5) is 13.2 Å². The van der Waals surface area contributed by atoms with Gasteiger partial charge in [0, 0.05) is 12.6 Å². The summed E-state index contributed by atoms with van der Waals surface area (Å²) in [5, 5.41) is -0.662. The molecule has 7 heteroatoms. The summed E-state index contributed by atoms with van der Waals surface area (Å²) in [7, 11) is 0. The van der Waals surface area contributed by atoms with Gasteiger partial charge in [-0.25, -0.2) is 9.97 Å². The Hall–Kier alpha value is -1.89. The average molecular weight is 298 g/mol. The molecule has 2 aromatic rings. The van der Waals surface area contributed by atoms with Gasteiger partial charge in [-0.2, -0.15) is 13.2 Å². The Labute approximate surface area is 118 Å². The summed E-state index contributed by atoms with van der Waals surface area (Å²) in [6.07, 6.45) is -3.68. The van der Waals surface area contributed by atoms with Gasteiger partial charge in [0.15, 0.2) is 0 Å². The van der Waals surface area contributed by atoms with E-state index in [2.05, 4.69) is 22.6 Å². The minimum Gasteiger partial charge on any atom is -0.282 e. The van der Waals surface area contributed by atoms with E-state index in [9.17, 15) is 18.0 Å². The normalized spacial score (nSPS) is 11.4. The van der Waals surface area contributed by atoms with E-state index in [1.54, 1.807) is 30.3 Å². The van der Waals surface area contributed by atoms with Gasteiger partial charge >= 0.3 is 6.18 Å². The number of benzene rings is 1. The monoisotopic (exact) mass is 298 g/mol. The number of nitrogens with zero attached hydrogens (tertiary/aromatic N) is 2. The largest absolute Gasteiger partial charge is 0.451 e. The van der Waals surface area contributed by atoms with Crippen molar-refractivity contribution in [3.8, 4) is 0 Å². The second kappa shape index (κ2) is 5.62. The van der Waals surface area contributed by atoms with E-state index >= 15 is 0 Å². The van der Waals surface area contributed by atoms with Crippen molar-refractivity contribution >= 4 is 17.7 Å². The molecule has 2 rings (SSSR count). The zero-order valence-electron chi connectivity index (χ0n) is 10.1.